The van der Waals surface area contributed by atoms with Gasteiger partial charge < -0.3 is 9.84 Å². The number of aromatic nitrogens is 2. The van der Waals surface area contributed by atoms with Crippen LogP contribution < -0.4 is 4.74 Å². The number of H-pyrrole nitrogens is 1. The van der Waals surface area contributed by atoms with E-state index in [1.807, 2.05) is 0 Å². The number of nitrogens with zero attached hydrogens (tertiary/aromatic N) is 1. The molecule has 4 heteroatoms. The van der Waals surface area contributed by atoms with Gasteiger partial charge in [0, 0.05) is 0 Å². The van der Waals surface area contributed by atoms with E-state index < -0.39 is 6.10 Å². The zero-order valence-corrected chi connectivity index (χ0v) is 5.74. The fourth-order valence-corrected chi connectivity index (χ4v) is 0.535. The van der Waals surface area contributed by atoms with Crippen LogP contribution in [0.3, 0.4) is 0 Å². The summed E-state index contributed by atoms with van der Waals surface area (Å²) in [6.07, 6.45) is 2.75. The maximum atomic E-state index is 8.80. The van der Waals surface area contributed by atoms with Crippen LogP contribution in [0.5, 0.6) is 5.75 Å². The highest BCUT2D eigenvalue weighted by atomic mass is 16.5. The standard InChI is InChI=1S/C6H10N2O2/c1-5(9)4-10-6-2-7-8-3-6/h2-3,5,9H,4H2,1H3,(H,7,8). The van der Waals surface area contributed by atoms with Crippen LogP contribution in [0.4, 0.5) is 0 Å². The number of hydrogen-bond acceptors (Lipinski definition) is 3. The Balaban J connectivity index is 2.28. The van der Waals surface area contributed by atoms with E-state index in [2.05, 4.69) is 10.2 Å². The molecule has 0 fully saturated rings. The van der Waals surface area contributed by atoms with Gasteiger partial charge in [-0.1, -0.05) is 0 Å². The molecule has 1 unspecified atom stereocenters. The van der Waals surface area contributed by atoms with Gasteiger partial charge in [0.15, 0.2) is 5.75 Å². The molecule has 0 bridgehead atoms. The summed E-state index contributed by atoms with van der Waals surface area (Å²) >= 11 is 0. The molecule has 10 heavy (non-hydrogen) atoms. The third-order valence-electron chi connectivity index (χ3n) is 0.964. The van der Waals surface area contributed by atoms with Gasteiger partial charge >= 0.3 is 0 Å². The second kappa shape index (κ2) is 3.22. The van der Waals surface area contributed by atoms with E-state index in [0.29, 0.717) is 12.4 Å². The summed E-state index contributed by atoms with van der Waals surface area (Å²) in [5.74, 6) is 0.654. The molecule has 0 saturated carbocycles. The van der Waals surface area contributed by atoms with Crippen LogP contribution in [-0.2, 0) is 0 Å². The van der Waals surface area contributed by atoms with Crippen LogP contribution in [0, 0.1) is 0 Å². The summed E-state index contributed by atoms with van der Waals surface area (Å²) in [6.45, 7) is 1.97. The minimum Gasteiger partial charge on any atom is -0.488 e. The lowest BCUT2D eigenvalue weighted by atomic mass is 10.4. The Kier molecular flexibility index (Phi) is 2.28. The lowest BCUT2D eigenvalue weighted by Gasteiger charge is -2.03. The molecule has 1 rings (SSSR count). The third-order valence-corrected chi connectivity index (χ3v) is 0.964. The largest absolute Gasteiger partial charge is 0.488 e. The summed E-state index contributed by atoms with van der Waals surface area (Å²) in [4.78, 5) is 0. The SMILES string of the molecule is CC(O)COc1cn[nH]c1. The van der Waals surface area contributed by atoms with Crippen molar-refractivity contribution in [2.24, 2.45) is 0 Å². The lowest BCUT2D eigenvalue weighted by molar-refractivity contribution is 0.123. The van der Waals surface area contributed by atoms with E-state index in [1.165, 1.54) is 0 Å². The topological polar surface area (TPSA) is 58.1 Å². The molecule has 4 nitrogen and oxygen atoms in total. The first-order chi connectivity index (χ1) is 4.79. The summed E-state index contributed by atoms with van der Waals surface area (Å²) in [7, 11) is 0. The molecule has 1 aromatic rings. The quantitative estimate of drug-likeness (QED) is 0.632. The van der Waals surface area contributed by atoms with Gasteiger partial charge in [0.05, 0.1) is 18.5 Å². The molecule has 0 amide bonds. The van der Waals surface area contributed by atoms with Crippen LogP contribution in [0.1, 0.15) is 6.92 Å². The van der Waals surface area contributed by atoms with Crippen molar-refractivity contribution in [2.45, 2.75) is 13.0 Å². The zero-order valence-electron chi connectivity index (χ0n) is 5.74. The van der Waals surface area contributed by atoms with Gasteiger partial charge in [-0.2, -0.15) is 5.10 Å². The van der Waals surface area contributed by atoms with Crippen molar-refractivity contribution < 1.29 is 9.84 Å². The number of ether oxygens (including phenoxy) is 1. The number of aliphatic hydroxyl groups excluding tert-OH is 1. The Labute approximate surface area is 58.8 Å². The highest BCUT2D eigenvalue weighted by Crippen LogP contribution is 2.04. The number of aliphatic hydroxyl groups is 1. The number of aromatic amines is 1. The third kappa shape index (κ3) is 2.06. The second-order valence-electron chi connectivity index (χ2n) is 2.09. The minimum atomic E-state index is -0.435. The monoisotopic (exact) mass is 142 g/mol. The molecular formula is C6H10N2O2. The Hall–Kier alpha value is -1.03. The summed E-state index contributed by atoms with van der Waals surface area (Å²) in [5.41, 5.74) is 0. The van der Waals surface area contributed by atoms with E-state index in [1.54, 1.807) is 19.3 Å². The molecule has 1 aromatic heterocycles. The van der Waals surface area contributed by atoms with Gasteiger partial charge in [-0.25, -0.2) is 0 Å². The van der Waals surface area contributed by atoms with Gasteiger partial charge in [0.1, 0.15) is 6.61 Å². The van der Waals surface area contributed by atoms with Crippen molar-refractivity contribution in [3.63, 3.8) is 0 Å². The van der Waals surface area contributed by atoms with Gasteiger partial charge in [0.2, 0.25) is 0 Å². The maximum Gasteiger partial charge on any atom is 0.157 e. The molecule has 0 aliphatic carbocycles. The number of rotatable bonds is 3. The molecule has 0 radical (unpaired) electrons. The van der Waals surface area contributed by atoms with E-state index >= 15 is 0 Å². The molecule has 0 saturated heterocycles. The first kappa shape index (κ1) is 7.08. The van der Waals surface area contributed by atoms with Crippen molar-refractivity contribution in [2.75, 3.05) is 6.61 Å². The fourth-order valence-electron chi connectivity index (χ4n) is 0.535. The van der Waals surface area contributed by atoms with E-state index in [0.717, 1.165) is 0 Å². The first-order valence-electron chi connectivity index (χ1n) is 3.08. The zero-order chi connectivity index (χ0) is 7.40. The Morgan fingerprint density at radius 3 is 3.20 bits per heavy atom. The normalized spacial score (nSPS) is 13.0. The molecule has 1 heterocycles. The predicted octanol–water partition coefficient (Wildman–Crippen LogP) is 0.169. The summed E-state index contributed by atoms with van der Waals surface area (Å²) < 4.78 is 5.06. The average Bonchev–Trinajstić information content (AvgIpc) is 2.34. The molecule has 2 N–H and O–H groups in total. The molecule has 56 valence electrons. The Morgan fingerprint density at radius 1 is 1.90 bits per heavy atom. The van der Waals surface area contributed by atoms with Crippen molar-refractivity contribution in [3.05, 3.63) is 12.4 Å². The number of hydrogen-bond donors (Lipinski definition) is 2. The maximum absolute atomic E-state index is 8.80. The van der Waals surface area contributed by atoms with E-state index in [-0.39, 0.29) is 0 Å². The van der Waals surface area contributed by atoms with Crippen LogP contribution in [0.15, 0.2) is 12.4 Å². The first-order valence-corrected chi connectivity index (χ1v) is 3.08. The van der Waals surface area contributed by atoms with Crippen LogP contribution >= 0.6 is 0 Å². The molecule has 0 aliphatic heterocycles. The summed E-state index contributed by atoms with van der Waals surface area (Å²) in [5, 5.41) is 15.1. The van der Waals surface area contributed by atoms with Crippen molar-refractivity contribution in [1.82, 2.24) is 10.2 Å². The van der Waals surface area contributed by atoms with Crippen molar-refractivity contribution in [3.8, 4) is 5.75 Å². The van der Waals surface area contributed by atoms with Crippen LogP contribution in [0.2, 0.25) is 0 Å². The molecule has 0 spiro atoms. The minimum absolute atomic E-state index is 0.305. The predicted molar refractivity (Wildman–Crippen MR) is 35.8 cm³/mol. The Bertz CT molecular complexity index is 172. The van der Waals surface area contributed by atoms with Crippen molar-refractivity contribution in [1.29, 1.82) is 0 Å². The van der Waals surface area contributed by atoms with Gasteiger partial charge in [-0.3, -0.25) is 5.10 Å². The van der Waals surface area contributed by atoms with E-state index in [4.69, 9.17) is 9.84 Å². The molecule has 0 aromatic carbocycles. The molecular weight excluding hydrogens is 132 g/mol. The summed E-state index contributed by atoms with van der Waals surface area (Å²) in [6, 6.07) is 0. The fraction of sp³-hybridized carbons (Fsp3) is 0.500. The lowest BCUT2D eigenvalue weighted by Crippen LogP contribution is -2.12. The Morgan fingerprint density at radius 2 is 2.70 bits per heavy atom. The smallest absolute Gasteiger partial charge is 0.157 e. The highest BCUT2D eigenvalue weighted by molar-refractivity contribution is 5.09. The van der Waals surface area contributed by atoms with Crippen LogP contribution in [-0.4, -0.2) is 28.0 Å². The van der Waals surface area contributed by atoms with Crippen molar-refractivity contribution >= 4 is 0 Å². The van der Waals surface area contributed by atoms with Gasteiger partial charge in [-0.05, 0) is 6.92 Å². The van der Waals surface area contributed by atoms with Gasteiger partial charge in [0.25, 0.3) is 0 Å². The molecule has 1 atom stereocenters. The average molecular weight is 142 g/mol. The molecule has 0 aliphatic rings. The van der Waals surface area contributed by atoms with E-state index in [9.17, 15) is 0 Å². The highest BCUT2D eigenvalue weighted by Gasteiger charge is 1.96. The van der Waals surface area contributed by atoms with Gasteiger partial charge in [-0.15, -0.1) is 0 Å². The second-order valence-corrected chi connectivity index (χ2v) is 2.09. The number of nitrogens with one attached hydrogen (secondary N) is 1. The van der Waals surface area contributed by atoms with Crippen LogP contribution in [0.25, 0.3) is 0 Å².